The Morgan fingerprint density at radius 2 is 2.04 bits per heavy atom. The second kappa shape index (κ2) is 7.85. The normalized spacial score (nSPS) is 13.2. The van der Waals surface area contributed by atoms with Crippen molar-refractivity contribution in [3.8, 4) is 17.2 Å². The Morgan fingerprint density at radius 1 is 1.25 bits per heavy atom. The van der Waals surface area contributed by atoms with Crippen molar-refractivity contribution in [2.24, 2.45) is 0 Å². The first-order valence-corrected chi connectivity index (χ1v) is 9.45. The third-order valence-electron chi connectivity index (χ3n) is 4.10. The van der Waals surface area contributed by atoms with Crippen molar-refractivity contribution in [1.82, 2.24) is 4.98 Å². The predicted molar refractivity (Wildman–Crippen MR) is 103 cm³/mol. The number of aromatic nitrogens is 1. The zero-order valence-electron chi connectivity index (χ0n) is 15.0. The molecule has 1 N–H and O–H groups in total. The van der Waals surface area contributed by atoms with Crippen molar-refractivity contribution < 1.29 is 23.4 Å². The molecule has 1 amide bonds. The number of thiazole rings is 1. The van der Waals surface area contributed by atoms with E-state index in [-0.39, 0.29) is 18.5 Å². The van der Waals surface area contributed by atoms with Crippen LogP contribution in [0, 0.1) is 5.82 Å². The second-order valence-electron chi connectivity index (χ2n) is 6.20. The Morgan fingerprint density at radius 3 is 2.86 bits per heavy atom. The average Bonchev–Trinajstić information content (AvgIpc) is 3.32. The maximum absolute atomic E-state index is 13.0. The molecule has 2 aromatic carbocycles. The van der Waals surface area contributed by atoms with Gasteiger partial charge in [0.25, 0.3) is 5.91 Å². The first kappa shape index (κ1) is 18.2. The molecule has 1 aliphatic heterocycles. The Kier molecular flexibility index (Phi) is 5.12. The summed E-state index contributed by atoms with van der Waals surface area (Å²) in [6.07, 6.45) is 1.61. The third-order valence-corrected chi connectivity index (χ3v) is 5.01. The Bertz CT molecular complexity index is 990. The molecule has 0 radical (unpaired) electrons. The topological polar surface area (TPSA) is 69.7 Å². The standard InChI is InChI=1S/C20H17FN2O4S/c1-12(27-15-6-7-17-18(9-15)26-11-25-17)19(24)23-20-22-10-16(28-20)8-13-2-4-14(21)5-3-13/h2-7,9-10,12H,8,11H2,1H3,(H,22,23,24)/t12-/m0/s1. The van der Waals surface area contributed by atoms with Gasteiger partial charge in [0.2, 0.25) is 6.79 Å². The predicted octanol–water partition coefficient (Wildman–Crippen LogP) is 4.01. The quantitative estimate of drug-likeness (QED) is 0.677. The van der Waals surface area contributed by atoms with E-state index >= 15 is 0 Å². The van der Waals surface area contributed by atoms with Crippen molar-refractivity contribution in [2.75, 3.05) is 12.1 Å². The van der Waals surface area contributed by atoms with E-state index in [0.717, 1.165) is 10.4 Å². The van der Waals surface area contributed by atoms with E-state index in [2.05, 4.69) is 10.3 Å². The van der Waals surface area contributed by atoms with Gasteiger partial charge < -0.3 is 14.2 Å². The van der Waals surface area contributed by atoms with Gasteiger partial charge >= 0.3 is 0 Å². The van der Waals surface area contributed by atoms with Gasteiger partial charge in [-0.05, 0) is 36.8 Å². The number of amides is 1. The number of hydrogen-bond donors (Lipinski definition) is 1. The Balaban J connectivity index is 1.34. The van der Waals surface area contributed by atoms with E-state index in [1.165, 1.54) is 23.5 Å². The summed E-state index contributed by atoms with van der Waals surface area (Å²) in [5.74, 6) is 1.19. The maximum atomic E-state index is 13.0. The van der Waals surface area contributed by atoms with E-state index in [9.17, 15) is 9.18 Å². The number of hydrogen-bond acceptors (Lipinski definition) is 6. The molecule has 3 aromatic rings. The van der Waals surface area contributed by atoms with E-state index < -0.39 is 6.10 Å². The van der Waals surface area contributed by atoms with Gasteiger partial charge in [0.15, 0.2) is 22.7 Å². The van der Waals surface area contributed by atoms with E-state index in [0.29, 0.717) is 28.8 Å². The van der Waals surface area contributed by atoms with Crippen LogP contribution in [0.25, 0.3) is 0 Å². The highest BCUT2D eigenvalue weighted by Gasteiger charge is 2.19. The number of nitrogens with zero attached hydrogens (tertiary/aromatic N) is 1. The molecule has 6 nitrogen and oxygen atoms in total. The molecule has 0 bridgehead atoms. The fourth-order valence-electron chi connectivity index (χ4n) is 2.67. The van der Waals surface area contributed by atoms with E-state index in [1.54, 1.807) is 43.5 Å². The summed E-state index contributed by atoms with van der Waals surface area (Å²) in [7, 11) is 0. The van der Waals surface area contributed by atoms with Gasteiger partial charge in [-0.25, -0.2) is 9.37 Å². The summed E-state index contributed by atoms with van der Waals surface area (Å²) in [6, 6.07) is 11.5. The monoisotopic (exact) mass is 400 g/mol. The van der Waals surface area contributed by atoms with Crippen molar-refractivity contribution in [3.63, 3.8) is 0 Å². The molecule has 144 valence electrons. The minimum Gasteiger partial charge on any atom is -0.481 e. The summed E-state index contributed by atoms with van der Waals surface area (Å²) < 4.78 is 29.2. The van der Waals surface area contributed by atoms with Crippen LogP contribution in [0.3, 0.4) is 0 Å². The van der Waals surface area contributed by atoms with Crippen molar-refractivity contribution >= 4 is 22.4 Å². The number of fused-ring (bicyclic) bond motifs is 1. The highest BCUT2D eigenvalue weighted by molar-refractivity contribution is 7.15. The van der Waals surface area contributed by atoms with Crippen LogP contribution in [0.2, 0.25) is 0 Å². The number of halogens is 1. The molecule has 8 heteroatoms. The molecule has 0 saturated carbocycles. The SMILES string of the molecule is C[C@H](Oc1ccc2c(c1)OCO2)C(=O)Nc1ncc(Cc2ccc(F)cc2)s1. The first-order valence-electron chi connectivity index (χ1n) is 8.63. The zero-order valence-corrected chi connectivity index (χ0v) is 15.8. The molecule has 0 unspecified atom stereocenters. The van der Waals surface area contributed by atoms with Crippen molar-refractivity contribution in [3.05, 3.63) is 64.9 Å². The fourth-order valence-corrected chi connectivity index (χ4v) is 3.51. The lowest BCUT2D eigenvalue weighted by Crippen LogP contribution is -2.30. The Labute approximate surface area is 164 Å². The van der Waals surface area contributed by atoms with Gasteiger partial charge in [-0.2, -0.15) is 0 Å². The number of carbonyl (C=O) groups is 1. The van der Waals surface area contributed by atoms with Crippen LogP contribution in [-0.2, 0) is 11.2 Å². The van der Waals surface area contributed by atoms with Crippen LogP contribution in [0.1, 0.15) is 17.4 Å². The number of rotatable bonds is 6. The van der Waals surface area contributed by atoms with Gasteiger partial charge in [-0.15, -0.1) is 11.3 Å². The van der Waals surface area contributed by atoms with Crippen molar-refractivity contribution in [1.29, 1.82) is 0 Å². The summed E-state index contributed by atoms with van der Waals surface area (Å²) >= 11 is 1.37. The highest BCUT2D eigenvalue weighted by atomic mass is 32.1. The number of nitrogens with one attached hydrogen (secondary N) is 1. The lowest BCUT2D eigenvalue weighted by molar-refractivity contribution is -0.122. The fraction of sp³-hybridized carbons (Fsp3) is 0.200. The molecular formula is C20H17FN2O4S. The molecule has 1 atom stereocenters. The molecular weight excluding hydrogens is 383 g/mol. The van der Waals surface area contributed by atoms with Gasteiger partial charge in [0, 0.05) is 23.6 Å². The highest BCUT2D eigenvalue weighted by Crippen LogP contribution is 2.35. The molecule has 0 fully saturated rings. The van der Waals surface area contributed by atoms with Crippen LogP contribution in [0.5, 0.6) is 17.2 Å². The number of ether oxygens (including phenoxy) is 3. The van der Waals surface area contributed by atoms with Gasteiger partial charge in [-0.1, -0.05) is 12.1 Å². The molecule has 4 rings (SSSR count). The smallest absolute Gasteiger partial charge is 0.266 e. The lowest BCUT2D eigenvalue weighted by Gasteiger charge is -2.14. The van der Waals surface area contributed by atoms with E-state index in [1.807, 2.05) is 0 Å². The van der Waals surface area contributed by atoms with Crippen molar-refractivity contribution in [2.45, 2.75) is 19.4 Å². The third kappa shape index (κ3) is 4.23. The van der Waals surface area contributed by atoms with Crippen LogP contribution in [0.4, 0.5) is 9.52 Å². The largest absolute Gasteiger partial charge is 0.481 e. The summed E-state index contributed by atoms with van der Waals surface area (Å²) in [6.45, 7) is 1.84. The molecule has 28 heavy (non-hydrogen) atoms. The number of carbonyl (C=O) groups excluding carboxylic acids is 1. The molecule has 0 saturated heterocycles. The lowest BCUT2D eigenvalue weighted by atomic mass is 10.1. The van der Waals surface area contributed by atoms with Crippen LogP contribution in [-0.4, -0.2) is 23.8 Å². The molecule has 1 aromatic heterocycles. The van der Waals surface area contributed by atoms with Crippen LogP contribution in [0.15, 0.2) is 48.7 Å². The maximum Gasteiger partial charge on any atom is 0.266 e. The minimum absolute atomic E-state index is 0.180. The molecule has 0 spiro atoms. The second-order valence-corrected chi connectivity index (χ2v) is 7.31. The number of anilines is 1. The molecule has 1 aliphatic rings. The zero-order chi connectivity index (χ0) is 19.5. The van der Waals surface area contributed by atoms with Gasteiger partial charge in [0.1, 0.15) is 11.6 Å². The summed E-state index contributed by atoms with van der Waals surface area (Å²) in [4.78, 5) is 17.6. The van der Waals surface area contributed by atoms with Gasteiger partial charge in [-0.3, -0.25) is 10.1 Å². The minimum atomic E-state index is -0.718. The summed E-state index contributed by atoms with van der Waals surface area (Å²) in [5.41, 5.74) is 0.974. The van der Waals surface area contributed by atoms with Gasteiger partial charge in [0.05, 0.1) is 0 Å². The van der Waals surface area contributed by atoms with Crippen LogP contribution < -0.4 is 19.5 Å². The van der Waals surface area contributed by atoms with Crippen LogP contribution >= 0.6 is 11.3 Å². The number of benzene rings is 2. The molecule has 2 heterocycles. The summed E-state index contributed by atoms with van der Waals surface area (Å²) in [5, 5.41) is 3.25. The van der Waals surface area contributed by atoms with E-state index in [4.69, 9.17) is 14.2 Å². The first-order chi connectivity index (χ1) is 13.6. The average molecular weight is 400 g/mol. The Hall–Kier alpha value is -3.13. The molecule has 0 aliphatic carbocycles.